The van der Waals surface area contributed by atoms with Crippen LogP contribution >= 0.6 is 11.8 Å². The minimum Gasteiger partial charge on any atom is -0.343 e. The fourth-order valence-electron chi connectivity index (χ4n) is 2.62. The summed E-state index contributed by atoms with van der Waals surface area (Å²) in [4.78, 5) is 26.0. The highest BCUT2D eigenvalue weighted by Crippen LogP contribution is 2.19. The van der Waals surface area contributed by atoms with Crippen LogP contribution in [0.25, 0.3) is 0 Å². The molecule has 0 spiro atoms. The fourth-order valence-corrected chi connectivity index (χ4v) is 3.37. The zero-order chi connectivity index (χ0) is 15.1. The van der Waals surface area contributed by atoms with Crippen LogP contribution in [0.2, 0.25) is 0 Å². The van der Waals surface area contributed by atoms with Gasteiger partial charge in [-0.25, -0.2) is 0 Å². The zero-order valence-corrected chi connectivity index (χ0v) is 13.2. The first-order chi connectivity index (χ1) is 10.2. The van der Waals surface area contributed by atoms with Crippen LogP contribution in [0.15, 0.2) is 30.3 Å². The first-order valence-electron chi connectivity index (χ1n) is 7.30. The summed E-state index contributed by atoms with van der Waals surface area (Å²) in [7, 11) is 0. The highest BCUT2D eigenvalue weighted by Gasteiger charge is 2.23. The van der Waals surface area contributed by atoms with Crippen molar-refractivity contribution in [2.24, 2.45) is 5.92 Å². The molecule has 2 rings (SSSR count). The number of piperidine rings is 1. The number of nitrogens with one attached hydrogen (secondary N) is 1. The number of hydrogen-bond donors (Lipinski definition) is 1. The lowest BCUT2D eigenvalue weighted by molar-refractivity contribution is -0.131. The minimum atomic E-state index is -0.193. The van der Waals surface area contributed by atoms with E-state index in [9.17, 15) is 9.59 Å². The zero-order valence-electron chi connectivity index (χ0n) is 12.4. The van der Waals surface area contributed by atoms with Gasteiger partial charge in [-0.1, -0.05) is 18.2 Å². The van der Waals surface area contributed by atoms with Crippen LogP contribution in [0.5, 0.6) is 0 Å². The van der Waals surface area contributed by atoms with Crippen molar-refractivity contribution in [2.45, 2.75) is 12.8 Å². The predicted molar refractivity (Wildman–Crippen MR) is 86.5 cm³/mol. The third-order valence-electron chi connectivity index (χ3n) is 3.71. The second kappa shape index (κ2) is 8.08. The third-order valence-corrected chi connectivity index (χ3v) is 4.51. The topological polar surface area (TPSA) is 49.4 Å². The molecule has 1 fully saturated rings. The molecule has 1 aromatic rings. The Morgan fingerprint density at radius 3 is 2.81 bits per heavy atom. The lowest BCUT2D eigenvalue weighted by Gasteiger charge is -2.32. The summed E-state index contributed by atoms with van der Waals surface area (Å²) in [5.41, 5.74) is 0.587. The smallest absolute Gasteiger partial charge is 0.251 e. The average molecular weight is 306 g/mol. The Kier molecular flexibility index (Phi) is 6.11. The quantitative estimate of drug-likeness (QED) is 0.905. The molecule has 0 unspecified atom stereocenters. The second-order valence-corrected chi connectivity index (χ2v) is 6.26. The van der Waals surface area contributed by atoms with E-state index in [4.69, 9.17) is 0 Å². The van der Waals surface area contributed by atoms with Crippen molar-refractivity contribution in [3.05, 3.63) is 35.9 Å². The summed E-state index contributed by atoms with van der Waals surface area (Å²) >= 11 is 1.83. The first kappa shape index (κ1) is 15.9. The van der Waals surface area contributed by atoms with Crippen LogP contribution in [0.1, 0.15) is 23.2 Å². The summed E-state index contributed by atoms with van der Waals surface area (Å²) in [6, 6.07) is 8.98. The number of thioether (sulfide) groups is 1. The number of amides is 2. The molecule has 0 aliphatic carbocycles. The molecule has 0 bridgehead atoms. The first-order valence-corrected chi connectivity index (χ1v) is 8.70. The molecule has 114 valence electrons. The largest absolute Gasteiger partial charge is 0.343 e. The van der Waals surface area contributed by atoms with Crippen molar-refractivity contribution < 1.29 is 9.59 Å². The van der Waals surface area contributed by atoms with E-state index in [2.05, 4.69) is 11.6 Å². The summed E-state index contributed by atoms with van der Waals surface area (Å²) in [6.07, 6.45) is 4.35. The molecule has 0 radical (unpaired) electrons. The van der Waals surface area contributed by atoms with E-state index in [1.54, 1.807) is 12.1 Å². The van der Waals surface area contributed by atoms with E-state index in [1.165, 1.54) is 6.42 Å². The summed E-state index contributed by atoms with van der Waals surface area (Å²) in [6.45, 7) is 1.71. The fraction of sp³-hybridized carbons (Fsp3) is 0.500. The molecule has 0 aromatic heterocycles. The van der Waals surface area contributed by atoms with Gasteiger partial charge in [0.2, 0.25) is 5.91 Å². The van der Waals surface area contributed by atoms with Gasteiger partial charge in [-0.15, -0.1) is 0 Å². The molecule has 4 nitrogen and oxygen atoms in total. The van der Waals surface area contributed by atoms with Crippen LogP contribution < -0.4 is 5.32 Å². The second-order valence-electron chi connectivity index (χ2n) is 5.35. The van der Waals surface area contributed by atoms with Crippen molar-refractivity contribution in [1.29, 1.82) is 0 Å². The Hall–Kier alpha value is -1.49. The van der Waals surface area contributed by atoms with Crippen molar-refractivity contribution in [3.63, 3.8) is 0 Å². The average Bonchev–Trinajstić information content (AvgIpc) is 2.53. The molecule has 1 aliphatic heterocycles. The Labute approximate surface area is 130 Å². The molecular formula is C16H22N2O2S. The van der Waals surface area contributed by atoms with Crippen molar-refractivity contribution in [2.75, 3.05) is 31.6 Å². The lowest BCUT2D eigenvalue weighted by atomic mass is 10.00. The number of hydrogen-bond acceptors (Lipinski definition) is 3. The van der Waals surface area contributed by atoms with Gasteiger partial charge in [0.1, 0.15) is 0 Å². The van der Waals surface area contributed by atoms with Crippen LogP contribution in [0, 0.1) is 5.92 Å². The highest BCUT2D eigenvalue weighted by atomic mass is 32.2. The molecular weight excluding hydrogens is 284 g/mol. The van der Waals surface area contributed by atoms with Crippen molar-refractivity contribution in [3.8, 4) is 0 Å². The number of rotatable bonds is 5. The number of carbonyl (C=O) groups excluding carboxylic acids is 2. The van der Waals surface area contributed by atoms with Gasteiger partial charge in [0.05, 0.1) is 6.54 Å². The molecule has 1 aromatic carbocycles. The maximum atomic E-state index is 12.2. The Bertz CT molecular complexity index is 476. The van der Waals surface area contributed by atoms with Gasteiger partial charge < -0.3 is 10.2 Å². The number of carbonyl (C=O) groups is 2. The molecule has 1 N–H and O–H groups in total. The number of likely N-dealkylation sites (tertiary alicyclic amines) is 1. The van der Waals surface area contributed by atoms with Gasteiger partial charge in [0.25, 0.3) is 5.91 Å². The number of benzene rings is 1. The normalized spacial score (nSPS) is 18.3. The van der Waals surface area contributed by atoms with E-state index in [0.29, 0.717) is 11.5 Å². The van der Waals surface area contributed by atoms with Gasteiger partial charge in [-0.05, 0) is 42.9 Å². The van der Waals surface area contributed by atoms with Gasteiger partial charge in [-0.2, -0.15) is 11.8 Å². The minimum absolute atomic E-state index is 0.0186. The maximum Gasteiger partial charge on any atom is 0.251 e. The van der Waals surface area contributed by atoms with Crippen LogP contribution in [0.3, 0.4) is 0 Å². The Morgan fingerprint density at radius 1 is 1.33 bits per heavy atom. The summed E-state index contributed by atoms with van der Waals surface area (Å²) in [5.74, 6) is 1.51. The predicted octanol–water partition coefficient (Wildman–Crippen LogP) is 2.02. The molecule has 0 saturated carbocycles. The molecule has 2 amide bonds. The molecule has 1 heterocycles. The van der Waals surface area contributed by atoms with Gasteiger partial charge in [0.15, 0.2) is 0 Å². The van der Waals surface area contributed by atoms with E-state index in [0.717, 1.165) is 25.3 Å². The third kappa shape index (κ3) is 4.77. The summed E-state index contributed by atoms with van der Waals surface area (Å²) < 4.78 is 0. The van der Waals surface area contributed by atoms with Gasteiger partial charge in [-0.3, -0.25) is 9.59 Å². The van der Waals surface area contributed by atoms with Gasteiger partial charge in [0, 0.05) is 18.7 Å². The maximum absolute atomic E-state index is 12.2. The molecule has 1 aliphatic rings. The Balaban J connectivity index is 1.80. The Morgan fingerprint density at radius 2 is 2.10 bits per heavy atom. The molecule has 5 heteroatoms. The van der Waals surface area contributed by atoms with Crippen molar-refractivity contribution >= 4 is 23.6 Å². The SMILES string of the molecule is CSC[C@H]1CCCN(C(=O)CNC(=O)c2ccccc2)C1. The molecule has 1 atom stereocenters. The molecule has 21 heavy (non-hydrogen) atoms. The van der Waals surface area contributed by atoms with Crippen LogP contribution in [0.4, 0.5) is 0 Å². The van der Waals surface area contributed by atoms with Gasteiger partial charge >= 0.3 is 0 Å². The van der Waals surface area contributed by atoms with Crippen LogP contribution in [-0.2, 0) is 4.79 Å². The van der Waals surface area contributed by atoms with Crippen LogP contribution in [-0.4, -0.2) is 48.4 Å². The van der Waals surface area contributed by atoms with Crippen molar-refractivity contribution in [1.82, 2.24) is 10.2 Å². The van der Waals surface area contributed by atoms with E-state index < -0.39 is 0 Å². The number of nitrogens with zero attached hydrogens (tertiary/aromatic N) is 1. The lowest BCUT2D eigenvalue weighted by Crippen LogP contribution is -2.45. The molecule has 1 saturated heterocycles. The highest BCUT2D eigenvalue weighted by molar-refractivity contribution is 7.98. The van der Waals surface area contributed by atoms with E-state index >= 15 is 0 Å². The summed E-state index contributed by atoms with van der Waals surface area (Å²) in [5, 5.41) is 2.71. The van der Waals surface area contributed by atoms with E-state index in [-0.39, 0.29) is 18.4 Å². The van der Waals surface area contributed by atoms with E-state index in [1.807, 2.05) is 34.9 Å². The standard InChI is InChI=1S/C16H22N2O2S/c1-21-12-13-6-5-9-18(11-13)15(19)10-17-16(20)14-7-3-2-4-8-14/h2-4,7-8,13H,5-6,9-12H2,1H3,(H,17,20)/t13-/m0/s1. The monoisotopic (exact) mass is 306 g/mol.